The summed E-state index contributed by atoms with van der Waals surface area (Å²) in [5.41, 5.74) is 2.81. The molecule has 0 fully saturated rings. The van der Waals surface area contributed by atoms with Gasteiger partial charge < -0.3 is 15.0 Å². The lowest BCUT2D eigenvalue weighted by Crippen LogP contribution is -2.28. The Kier molecular flexibility index (Phi) is 6.52. The van der Waals surface area contributed by atoms with Gasteiger partial charge in [0.2, 0.25) is 0 Å². The third kappa shape index (κ3) is 4.72. The number of nitrogens with zero attached hydrogens (tertiary/aromatic N) is 1. The van der Waals surface area contributed by atoms with Crippen molar-refractivity contribution >= 4 is 5.69 Å². The fraction of sp³-hybridized carbons (Fsp3) is 0.667. The van der Waals surface area contributed by atoms with Crippen LogP contribution in [0.5, 0.6) is 0 Å². The van der Waals surface area contributed by atoms with Gasteiger partial charge in [0, 0.05) is 31.4 Å². The van der Waals surface area contributed by atoms with E-state index in [4.69, 9.17) is 4.74 Å². The van der Waals surface area contributed by atoms with Gasteiger partial charge in [0.15, 0.2) is 0 Å². The normalized spacial score (nSPS) is 18.7. The number of hydrogen-bond acceptors (Lipinski definition) is 3. The first-order chi connectivity index (χ1) is 10.2. The Morgan fingerprint density at radius 2 is 2.10 bits per heavy atom. The highest BCUT2D eigenvalue weighted by molar-refractivity contribution is 5.55. The summed E-state index contributed by atoms with van der Waals surface area (Å²) in [6, 6.07) is 9.27. The molecule has 3 heteroatoms. The van der Waals surface area contributed by atoms with Gasteiger partial charge in [0.05, 0.1) is 6.61 Å². The van der Waals surface area contributed by atoms with Gasteiger partial charge in [-0.2, -0.15) is 0 Å². The molecule has 0 saturated heterocycles. The van der Waals surface area contributed by atoms with E-state index in [0.29, 0.717) is 6.04 Å². The van der Waals surface area contributed by atoms with Gasteiger partial charge >= 0.3 is 0 Å². The fourth-order valence-electron chi connectivity index (χ4n) is 2.96. The fourth-order valence-corrected chi connectivity index (χ4v) is 2.96. The number of rotatable bonds is 7. The van der Waals surface area contributed by atoms with E-state index in [0.717, 1.165) is 38.6 Å². The second-order valence-corrected chi connectivity index (χ2v) is 6.32. The topological polar surface area (TPSA) is 24.5 Å². The SMILES string of the molecule is CNC1CCCN(CCOCCC(C)C)c2ccccc21. The summed E-state index contributed by atoms with van der Waals surface area (Å²) < 4.78 is 5.80. The van der Waals surface area contributed by atoms with Crippen LogP contribution in [0.2, 0.25) is 0 Å². The van der Waals surface area contributed by atoms with Crippen molar-refractivity contribution in [3.05, 3.63) is 29.8 Å². The lowest BCUT2D eigenvalue weighted by molar-refractivity contribution is 0.129. The minimum absolute atomic E-state index is 0.480. The van der Waals surface area contributed by atoms with Crippen LogP contribution in [0.4, 0.5) is 5.69 Å². The molecule has 0 bridgehead atoms. The molecule has 1 atom stereocenters. The maximum atomic E-state index is 5.80. The van der Waals surface area contributed by atoms with Gasteiger partial charge in [-0.3, -0.25) is 0 Å². The average Bonchev–Trinajstić information content (AvgIpc) is 2.66. The van der Waals surface area contributed by atoms with Gasteiger partial charge in [0.1, 0.15) is 0 Å². The third-order valence-corrected chi connectivity index (χ3v) is 4.27. The van der Waals surface area contributed by atoms with E-state index in [1.807, 2.05) is 0 Å². The van der Waals surface area contributed by atoms with Crippen LogP contribution in [0.1, 0.15) is 44.7 Å². The lowest BCUT2D eigenvalue weighted by Gasteiger charge is -2.25. The zero-order valence-corrected chi connectivity index (χ0v) is 13.8. The molecule has 0 aromatic heterocycles. The summed E-state index contributed by atoms with van der Waals surface area (Å²) in [5.74, 6) is 0.722. The van der Waals surface area contributed by atoms with E-state index in [9.17, 15) is 0 Å². The number of nitrogens with one attached hydrogen (secondary N) is 1. The van der Waals surface area contributed by atoms with Gasteiger partial charge in [0.25, 0.3) is 0 Å². The molecule has 118 valence electrons. The molecular formula is C18H30N2O. The van der Waals surface area contributed by atoms with Crippen LogP contribution in [0, 0.1) is 5.92 Å². The molecule has 1 heterocycles. The smallest absolute Gasteiger partial charge is 0.0641 e. The number of hydrogen-bond donors (Lipinski definition) is 1. The Labute approximate surface area is 129 Å². The summed E-state index contributed by atoms with van der Waals surface area (Å²) in [6.45, 7) is 8.31. The molecule has 1 aromatic rings. The highest BCUT2D eigenvalue weighted by atomic mass is 16.5. The van der Waals surface area contributed by atoms with Crippen LogP contribution in [0.3, 0.4) is 0 Å². The van der Waals surface area contributed by atoms with Crippen molar-refractivity contribution in [2.45, 2.75) is 39.2 Å². The molecule has 0 aliphatic carbocycles. The highest BCUT2D eigenvalue weighted by Crippen LogP contribution is 2.32. The zero-order chi connectivity index (χ0) is 15.1. The Morgan fingerprint density at radius 1 is 1.29 bits per heavy atom. The van der Waals surface area contributed by atoms with Gasteiger partial charge in [-0.05, 0) is 43.9 Å². The van der Waals surface area contributed by atoms with Crippen molar-refractivity contribution < 1.29 is 4.74 Å². The molecule has 1 aliphatic heterocycles. The molecular weight excluding hydrogens is 260 g/mol. The van der Waals surface area contributed by atoms with E-state index < -0.39 is 0 Å². The predicted octanol–water partition coefficient (Wildman–Crippen LogP) is 3.61. The van der Waals surface area contributed by atoms with E-state index in [1.54, 1.807) is 0 Å². The van der Waals surface area contributed by atoms with Crippen LogP contribution in [-0.2, 0) is 4.74 Å². The summed E-state index contributed by atoms with van der Waals surface area (Å²) >= 11 is 0. The molecule has 3 nitrogen and oxygen atoms in total. The molecule has 1 N–H and O–H groups in total. The number of para-hydroxylation sites is 1. The van der Waals surface area contributed by atoms with E-state index in [2.05, 4.69) is 55.4 Å². The van der Waals surface area contributed by atoms with Crippen molar-refractivity contribution in [2.75, 3.05) is 38.3 Å². The number of benzene rings is 1. The van der Waals surface area contributed by atoms with Crippen LogP contribution < -0.4 is 10.2 Å². The van der Waals surface area contributed by atoms with Crippen LogP contribution in [0.25, 0.3) is 0 Å². The standard InChI is InChI=1S/C18H30N2O/c1-15(2)10-13-21-14-12-20-11-6-8-17(19-3)16-7-4-5-9-18(16)20/h4-5,7,9,15,17,19H,6,8,10-14H2,1-3H3. The molecule has 1 aromatic carbocycles. The summed E-state index contributed by atoms with van der Waals surface area (Å²) in [7, 11) is 2.06. The molecule has 1 aliphatic rings. The van der Waals surface area contributed by atoms with Crippen molar-refractivity contribution in [3.8, 4) is 0 Å². The molecule has 0 radical (unpaired) electrons. The van der Waals surface area contributed by atoms with Crippen molar-refractivity contribution in [2.24, 2.45) is 5.92 Å². The van der Waals surface area contributed by atoms with Crippen LogP contribution in [-0.4, -0.2) is 33.4 Å². The first-order valence-corrected chi connectivity index (χ1v) is 8.31. The Bertz CT molecular complexity index is 419. The Morgan fingerprint density at radius 3 is 2.86 bits per heavy atom. The number of fused-ring (bicyclic) bond motifs is 1. The molecule has 1 unspecified atom stereocenters. The van der Waals surface area contributed by atoms with Gasteiger partial charge in [-0.1, -0.05) is 32.0 Å². The first kappa shape index (κ1) is 16.3. The van der Waals surface area contributed by atoms with Gasteiger partial charge in [-0.15, -0.1) is 0 Å². The predicted molar refractivity (Wildman–Crippen MR) is 90.0 cm³/mol. The first-order valence-electron chi connectivity index (χ1n) is 8.31. The maximum Gasteiger partial charge on any atom is 0.0641 e. The Hall–Kier alpha value is -1.06. The second-order valence-electron chi connectivity index (χ2n) is 6.32. The van der Waals surface area contributed by atoms with Crippen LogP contribution >= 0.6 is 0 Å². The average molecular weight is 290 g/mol. The minimum atomic E-state index is 0.480. The summed E-state index contributed by atoms with van der Waals surface area (Å²) in [5, 5.41) is 3.45. The highest BCUT2D eigenvalue weighted by Gasteiger charge is 2.21. The molecule has 21 heavy (non-hydrogen) atoms. The zero-order valence-electron chi connectivity index (χ0n) is 13.8. The van der Waals surface area contributed by atoms with E-state index >= 15 is 0 Å². The largest absolute Gasteiger partial charge is 0.380 e. The minimum Gasteiger partial charge on any atom is -0.380 e. The maximum absolute atomic E-state index is 5.80. The summed E-state index contributed by atoms with van der Waals surface area (Å²) in [6.07, 6.45) is 3.59. The lowest BCUT2D eigenvalue weighted by atomic mass is 10.0. The van der Waals surface area contributed by atoms with Crippen LogP contribution in [0.15, 0.2) is 24.3 Å². The molecule has 0 saturated carbocycles. The molecule has 0 spiro atoms. The van der Waals surface area contributed by atoms with Crippen molar-refractivity contribution in [1.82, 2.24) is 5.32 Å². The van der Waals surface area contributed by atoms with Crippen molar-refractivity contribution in [1.29, 1.82) is 0 Å². The van der Waals surface area contributed by atoms with Gasteiger partial charge in [-0.25, -0.2) is 0 Å². The number of anilines is 1. The van der Waals surface area contributed by atoms with E-state index in [1.165, 1.54) is 24.1 Å². The monoisotopic (exact) mass is 290 g/mol. The van der Waals surface area contributed by atoms with E-state index in [-0.39, 0.29) is 0 Å². The Balaban J connectivity index is 1.93. The summed E-state index contributed by atoms with van der Waals surface area (Å²) in [4.78, 5) is 2.49. The second kappa shape index (κ2) is 8.40. The third-order valence-electron chi connectivity index (χ3n) is 4.27. The van der Waals surface area contributed by atoms with Crippen molar-refractivity contribution in [3.63, 3.8) is 0 Å². The number of ether oxygens (including phenoxy) is 1. The molecule has 0 amide bonds. The molecule has 2 rings (SSSR count). The quantitative estimate of drug-likeness (QED) is 0.776.